The number of nitrogens with one attached hydrogen (secondary N) is 1. The number of nitrogens with zero attached hydrogens (tertiary/aromatic N) is 2. The smallest absolute Gasteiger partial charge is 0.303 e. The van der Waals surface area contributed by atoms with Crippen molar-refractivity contribution in [2.75, 3.05) is 0 Å². The lowest BCUT2D eigenvalue weighted by molar-refractivity contribution is -0.137. The second kappa shape index (κ2) is 5.65. The Morgan fingerprint density at radius 2 is 2.27 bits per heavy atom. The Morgan fingerprint density at radius 3 is 2.80 bits per heavy atom. The third-order valence-corrected chi connectivity index (χ3v) is 2.63. The molecular weight excluding hydrogens is 214 g/mol. The molecule has 1 aromatic heterocycles. The highest BCUT2D eigenvalue weighted by atomic mass is 32.1. The lowest BCUT2D eigenvalue weighted by Crippen LogP contribution is -1.99. The van der Waals surface area contributed by atoms with Crippen LogP contribution in [0.1, 0.15) is 31.5 Å². The van der Waals surface area contributed by atoms with E-state index in [0.29, 0.717) is 4.77 Å². The van der Waals surface area contributed by atoms with Crippen molar-refractivity contribution in [2.45, 2.75) is 32.1 Å². The second-order valence-corrected chi connectivity index (χ2v) is 3.85. The van der Waals surface area contributed by atoms with Crippen LogP contribution >= 0.6 is 12.2 Å². The van der Waals surface area contributed by atoms with Crippen LogP contribution in [-0.4, -0.2) is 25.8 Å². The van der Waals surface area contributed by atoms with E-state index < -0.39 is 5.97 Å². The van der Waals surface area contributed by atoms with Gasteiger partial charge in [-0.05, 0) is 25.1 Å². The van der Waals surface area contributed by atoms with Crippen molar-refractivity contribution in [3.05, 3.63) is 10.6 Å². The highest BCUT2D eigenvalue weighted by Gasteiger charge is 2.02. The summed E-state index contributed by atoms with van der Waals surface area (Å²) >= 11 is 4.98. The number of aromatic nitrogens is 3. The summed E-state index contributed by atoms with van der Waals surface area (Å²) in [4.78, 5) is 10.3. The zero-order chi connectivity index (χ0) is 11.3. The molecule has 0 saturated heterocycles. The highest BCUT2D eigenvalue weighted by molar-refractivity contribution is 7.71. The number of unbranched alkanes of at least 4 members (excludes halogenated alkanes) is 2. The van der Waals surface area contributed by atoms with Crippen LogP contribution in [0.3, 0.4) is 0 Å². The number of carboxylic acids is 1. The summed E-state index contributed by atoms with van der Waals surface area (Å²) in [5.74, 6) is 0.198. The van der Waals surface area contributed by atoms with Crippen molar-refractivity contribution >= 4 is 18.2 Å². The van der Waals surface area contributed by atoms with Gasteiger partial charge in [-0.15, -0.1) is 0 Å². The van der Waals surface area contributed by atoms with Crippen LogP contribution in [0, 0.1) is 4.77 Å². The van der Waals surface area contributed by atoms with Gasteiger partial charge in [-0.25, -0.2) is 0 Å². The fourth-order valence-corrected chi connectivity index (χ4v) is 1.49. The number of H-pyrrole nitrogens is 1. The monoisotopic (exact) mass is 229 g/mol. The normalized spacial score (nSPS) is 10.5. The van der Waals surface area contributed by atoms with Crippen molar-refractivity contribution in [3.63, 3.8) is 0 Å². The molecule has 84 valence electrons. The van der Waals surface area contributed by atoms with Crippen molar-refractivity contribution in [1.82, 2.24) is 14.8 Å². The van der Waals surface area contributed by atoms with Gasteiger partial charge in [-0.3, -0.25) is 9.89 Å². The maximum absolute atomic E-state index is 10.3. The van der Waals surface area contributed by atoms with Gasteiger partial charge in [-0.2, -0.15) is 5.10 Å². The van der Waals surface area contributed by atoms with Gasteiger partial charge in [0.1, 0.15) is 5.82 Å². The van der Waals surface area contributed by atoms with Gasteiger partial charge in [-0.1, -0.05) is 6.42 Å². The fraction of sp³-hybridized carbons (Fsp3) is 0.667. The van der Waals surface area contributed by atoms with Crippen LogP contribution in [0.5, 0.6) is 0 Å². The number of rotatable bonds is 6. The largest absolute Gasteiger partial charge is 0.481 e. The summed E-state index contributed by atoms with van der Waals surface area (Å²) in [6.07, 6.45) is 3.67. The molecule has 0 bridgehead atoms. The molecule has 2 N–H and O–H groups in total. The molecule has 0 saturated carbocycles. The minimum absolute atomic E-state index is 0.249. The predicted octanol–water partition coefficient (Wildman–Crippen LogP) is 1.67. The highest BCUT2D eigenvalue weighted by Crippen LogP contribution is 2.05. The molecule has 1 rings (SSSR count). The fourth-order valence-electron chi connectivity index (χ4n) is 1.34. The van der Waals surface area contributed by atoms with Crippen LogP contribution < -0.4 is 0 Å². The van der Waals surface area contributed by atoms with Crippen LogP contribution in [0.4, 0.5) is 0 Å². The Hall–Kier alpha value is -1.17. The third-order valence-electron chi connectivity index (χ3n) is 2.26. The minimum atomic E-state index is -0.729. The molecular formula is C9H15N3O2S. The molecule has 0 amide bonds. The molecule has 0 aromatic carbocycles. The van der Waals surface area contributed by atoms with E-state index in [2.05, 4.69) is 10.2 Å². The Balaban J connectivity index is 2.23. The molecule has 1 heterocycles. The standard InChI is InChI=1S/C9H15N3O2S/c1-12-7(10-11-9(12)15)5-3-2-4-6-8(13)14/h2-6H2,1H3,(H,11,15)(H,13,14). The molecule has 0 aliphatic rings. The maximum atomic E-state index is 10.3. The van der Waals surface area contributed by atoms with Crippen LogP contribution in [0.2, 0.25) is 0 Å². The summed E-state index contributed by atoms with van der Waals surface area (Å²) in [7, 11) is 1.87. The van der Waals surface area contributed by atoms with Gasteiger partial charge >= 0.3 is 5.97 Å². The number of hydrogen-bond acceptors (Lipinski definition) is 3. The minimum Gasteiger partial charge on any atom is -0.481 e. The van der Waals surface area contributed by atoms with Gasteiger partial charge in [0.15, 0.2) is 4.77 Å². The first-order chi connectivity index (χ1) is 7.11. The second-order valence-electron chi connectivity index (χ2n) is 3.46. The van der Waals surface area contributed by atoms with E-state index in [4.69, 9.17) is 17.3 Å². The average molecular weight is 229 g/mol. The summed E-state index contributed by atoms with van der Waals surface area (Å²) < 4.78 is 2.46. The molecule has 0 unspecified atom stereocenters. The zero-order valence-corrected chi connectivity index (χ0v) is 9.51. The first-order valence-electron chi connectivity index (χ1n) is 4.93. The van der Waals surface area contributed by atoms with Gasteiger partial charge in [0.2, 0.25) is 0 Å². The summed E-state index contributed by atoms with van der Waals surface area (Å²) in [6.45, 7) is 0. The van der Waals surface area contributed by atoms with Crippen LogP contribution in [-0.2, 0) is 18.3 Å². The molecule has 0 spiro atoms. The van der Waals surface area contributed by atoms with E-state index in [0.717, 1.165) is 31.5 Å². The molecule has 15 heavy (non-hydrogen) atoms. The van der Waals surface area contributed by atoms with Gasteiger partial charge < -0.3 is 9.67 Å². The maximum Gasteiger partial charge on any atom is 0.303 e. The van der Waals surface area contributed by atoms with Crippen LogP contribution in [0.25, 0.3) is 0 Å². The van der Waals surface area contributed by atoms with Crippen molar-refractivity contribution < 1.29 is 9.90 Å². The number of carbonyl (C=O) groups is 1. The summed E-state index contributed by atoms with van der Waals surface area (Å²) in [5.41, 5.74) is 0. The Bertz CT molecular complexity index is 383. The summed E-state index contributed by atoms with van der Waals surface area (Å²) in [5, 5.41) is 15.2. The van der Waals surface area contributed by atoms with E-state index in [1.165, 1.54) is 0 Å². The van der Waals surface area contributed by atoms with Crippen molar-refractivity contribution in [1.29, 1.82) is 0 Å². The molecule has 0 radical (unpaired) electrons. The van der Waals surface area contributed by atoms with E-state index in [1.54, 1.807) is 0 Å². The van der Waals surface area contributed by atoms with Crippen molar-refractivity contribution in [2.24, 2.45) is 7.05 Å². The zero-order valence-electron chi connectivity index (χ0n) is 8.69. The molecule has 1 aromatic rings. The third kappa shape index (κ3) is 3.83. The van der Waals surface area contributed by atoms with E-state index in [1.807, 2.05) is 11.6 Å². The molecule has 6 heteroatoms. The number of aromatic amines is 1. The van der Waals surface area contributed by atoms with Crippen LogP contribution in [0.15, 0.2) is 0 Å². The Kier molecular flexibility index (Phi) is 4.48. The lowest BCUT2D eigenvalue weighted by Gasteiger charge is -1.99. The Labute approximate surface area is 93.1 Å². The first-order valence-corrected chi connectivity index (χ1v) is 5.34. The SMILES string of the molecule is Cn1c(CCCCCC(=O)O)n[nH]c1=S. The molecule has 0 aliphatic carbocycles. The summed E-state index contributed by atoms with van der Waals surface area (Å²) in [6, 6.07) is 0. The first kappa shape index (κ1) is 11.9. The van der Waals surface area contributed by atoms with Gasteiger partial charge in [0, 0.05) is 19.9 Å². The topological polar surface area (TPSA) is 70.9 Å². The number of carboxylic acid groups (broad SMARTS) is 1. The molecule has 0 aliphatic heterocycles. The van der Waals surface area contributed by atoms with E-state index >= 15 is 0 Å². The van der Waals surface area contributed by atoms with Crippen molar-refractivity contribution in [3.8, 4) is 0 Å². The van der Waals surface area contributed by atoms with E-state index in [9.17, 15) is 4.79 Å². The number of hydrogen-bond donors (Lipinski definition) is 2. The van der Waals surface area contributed by atoms with E-state index in [-0.39, 0.29) is 6.42 Å². The Morgan fingerprint density at radius 1 is 1.53 bits per heavy atom. The molecule has 0 atom stereocenters. The number of aliphatic carboxylic acids is 1. The van der Waals surface area contributed by atoms with Gasteiger partial charge in [0.05, 0.1) is 0 Å². The van der Waals surface area contributed by atoms with Gasteiger partial charge in [0.25, 0.3) is 0 Å². The predicted molar refractivity (Wildman–Crippen MR) is 58.2 cm³/mol. The average Bonchev–Trinajstić information content (AvgIpc) is 2.48. The lowest BCUT2D eigenvalue weighted by atomic mass is 10.1. The molecule has 0 fully saturated rings. The quantitative estimate of drug-likeness (QED) is 0.575. The number of aryl methyl sites for hydroxylation is 1. The molecule has 5 nitrogen and oxygen atoms in total.